The van der Waals surface area contributed by atoms with Gasteiger partial charge in [-0.15, -0.1) is 0 Å². The molecule has 0 aliphatic rings. The number of hydrogen-bond donors (Lipinski definition) is 0. The lowest BCUT2D eigenvalue weighted by Gasteiger charge is -1.94. The molecular formula is C8HF4O. The second-order valence-electron chi connectivity index (χ2n) is 2.35. The first kappa shape index (κ1) is 8.10. The molecule has 2 aromatic rings. The van der Waals surface area contributed by atoms with E-state index in [2.05, 4.69) is 4.42 Å². The Hall–Kier alpha value is -1.52. The molecule has 0 aliphatic carbocycles. The fraction of sp³-hybridized carbons (Fsp3) is 0. The van der Waals surface area contributed by atoms with Crippen LogP contribution in [0.5, 0.6) is 0 Å². The molecular weight excluding hydrogens is 188 g/mol. The van der Waals surface area contributed by atoms with Crippen LogP contribution in [0.2, 0.25) is 0 Å². The van der Waals surface area contributed by atoms with Crippen molar-refractivity contribution in [1.82, 2.24) is 0 Å². The van der Waals surface area contributed by atoms with Gasteiger partial charge in [0.25, 0.3) is 0 Å². The summed E-state index contributed by atoms with van der Waals surface area (Å²) < 4.78 is 54.9. The van der Waals surface area contributed by atoms with Crippen molar-refractivity contribution in [2.45, 2.75) is 0 Å². The highest BCUT2D eigenvalue weighted by atomic mass is 19.2. The molecule has 0 saturated carbocycles. The summed E-state index contributed by atoms with van der Waals surface area (Å²) in [6.07, 6.45) is 0.504. The average molecular weight is 189 g/mol. The number of benzene rings is 1. The topological polar surface area (TPSA) is 13.1 Å². The van der Waals surface area contributed by atoms with Gasteiger partial charge in [0.1, 0.15) is 12.1 Å². The monoisotopic (exact) mass is 189 g/mol. The zero-order valence-corrected chi connectivity index (χ0v) is 6.00. The molecule has 1 radical (unpaired) electrons. The highest BCUT2D eigenvalue weighted by Gasteiger charge is 2.19. The molecule has 0 bridgehead atoms. The Bertz CT molecular complexity index is 474. The van der Waals surface area contributed by atoms with Crippen molar-refractivity contribution in [3.63, 3.8) is 0 Å². The zero-order valence-electron chi connectivity index (χ0n) is 6.00. The summed E-state index contributed by atoms with van der Waals surface area (Å²) in [6, 6.07) is 1.40. The second-order valence-corrected chi connectivity index (χ2v) is 2.35. The first-order valence-electron chi connectivity index (χ1n) is 3.23. The summed E-state index contributed by atoms with van der Waals surface area (Å²) >= 11 is 0. The Kier molecular flexibility index (Phi) is 1.55. The van der Waals surface area contributed by atoms with E-state index in [0.717, 1.165) is 0 Å². The van der Waals surface area contributed by atoms with Gasteiger partial charge in [-0.25, -0.2) is 13.2 Å². The normalized spacial score (nSPS) is 11.1. The Morgan fingerprint density at radius 1 is 1.08 bits per heavy atom. The Morgan fingerprint density at radius 3 is 2.46 bits per heavy atom. The summed E-state index contributed by atoms with van der Waals surface area (Å²) in [6.45, 7) is 0. The molecule has 0 atom stereocenters. The van der Waals surface area contributed by atoms with E-state index in [9.17, 15) is 17.6 Å². The Morgan fingerprint density at radius 2 is 1.77 bits per heavy atom. The molecule has 5 heteroatoms. The minimum Gasteiger partial charge on any atom is -0.458 e. The van der Waals surface area contributed by atoms with Gasteiger partial charge in [-0.2, -0.15) is 4.39 Å². The molecule has 0 unspecified atom stereocenters. The molecule has 0 spiro atoms. The smallest absolute Gasteiger partial charge is 0.202 e. The summed E-state index contributed by atoms with van der Waals surface area (Å²) in [5.74, 6) is -5.36. The molecule has 13 heavy (non-hydrogen) atoms. The molecule has 1 heterocycles. The van der Waals surface area contributed by atoms with Crippen LogP contribution in [0.15, 0.2) is 10.7 Å². The van der Waals surface area contributed by atoms with E-state index in [4.69, 9.17) is 0 Å². The van der Waals surface area contributed by atoms with E-state index in [-0.39, 0.29) is 0 Å². The van der Waals surface area contributed by atoms with Crippen molar-refractivity contribution in [3.8, 4) is 0 Å². The number of fused-ring (bicyclic) bond motifs is 1. The van der Waals surface area contributed by atoms with Crippen molar-refractivity contribution in [1.29, 1.82) is 0 Å². The zero-order chi connectivity index (χ0) is 9.59. The van der Waals surface area contributed by atoms with E-state index in [1.807, 2.05) is 0 Å². The summed E-state index contributed by atoms with van der Waals surface area (Å²) in [7, 11) is 0. The lowest BCUT2D eigenvalue weighted by atomic mass is 10.2. The highest BCUT2D eigenvalue weighted by Crippen LogP contribution is 2.26. The molecule has 0 N–H and O–H groups in total. The van der Waals surface area contributed by atoms with Gasteiger partial charge in [0.15, 0.2) is 17.2 Å². The first-order valence-corrected chi connectivity index (χ1v) is 3.23. The third-order valence-corrected chi connectivity index (χ3v) is 1.58. The maximum absolute atomic E-state index is 12.8. The largest absolute Gasteiger partial charge is 0.458 e. The van der Waals surface area contributed by atoms with Gasteiger partial charge in [-0.1, -0.05) is 0 Å². The molecule has 1 aromatic carbocycles. The molecule has 0 fully saturated rings. The lowest BCUT2D eigenvalue weighted by molar-refractivity contribution is 0.480. The van der Waals surface area contributed by atoms with Gasteiger partial charge in [-0.05, 0) is 0 Å². The van der Waals surface area contributed by atoms with Crippen molar-refractivity contribution < 1.29 is 22.0 Å². The number of rotatable bonds is 0. The van der Waals surface area contributed by atoms with Crippen molar-refractivity contribution in [2.24, 2.45) is 0 Å². The van der Waals surface area contributed by atoms with E-state index >= 15 is 0 Å². The third-order valence-electron chi connectivity index (χ3n) is 1.58. The molecule has 1 nitrogen and oxygen atoms in total. The van der Waals surface area contributed by atoms with Gasteiger partial charge in [0, 0.05) is 0 Å². The van der Waals surface area contributed by atoms with Gasteiger partial charge < -0.3 is 4.42 Å². The van der Waals surface area contributed by atoms with Crippen LogP contribution in [0.3, 0.4) is 0 Å². The predicted molar refractivity (Wildman–Crippen MR) is 34.9 cm³/mol. The van der Waals surface area contributed by atoms with Crippen LogP contribution in [-0.4, -0.2) is 0 Å². The molecule has 0 saturated heterocycles. The predicted octanol–water partition coefficient (Wildman–Crippen LogP) is 2.79. The van der Waals surface area contributed by atoms with Crippen LogP contribution in [0.1, 0.15) is 0 Å². The molecule has 0 aliphatic heterocycles. The summed E-state index contributed by atoms with van der Waals surface area (Å²) in [5, 5.41) is -0.723. The van der Waals surface area contributed by atoms with Crippen LogP contribution in [0, 0.1) is 29.3 Å². The van der Waals surface area contributed by atoms with Gasteiger partial charge in [-0.3, -0.25) is 0 Å². The minimum atomic E-state index is -1.53. The SMILES string of the molecule is Fc1[c]c(F)c2c(F)coc2c1F. The quantitative estimate of drug-likeness (QED) is 0.458. The van der Waals surface area contributed by atoms with E-state index in [1.54, 1.807) is 0 Å². The van der Waals surface area contributed by atoms with Crippen molar-refractivity contribution in [2.75, 3.05) is 0 Å². The second kappa shape index (κ2) is 2.48. The van der Waals surface area contributed by atoms with Crippen LogP contribution in [0.25, 0.3) is 11.0 Å². The highest BCUT2D eigenvalue weighted by molar-refractivity contribution is 5.78. The third kappa shape index (κ3) is 0.998. The van der Waals surface area contributed by atoms with Gasteiger partial charge in [0.05, 0.1) is 11.5 Å². The molecule has 2 rings (SSSR count). The average Bonchev–Trinajstić information content (AvgIpc) is 2.44. The maximum Gasteiger partial charge on any atom is 0.202 e. The van der Waals surface area contributed by atoms with E-state index in [0.29, 0.717) is 6.26 Å². The summed E-state index contributed by atoms with van der Waals surface area (Å²) in [4.78, 5) is 0. The van der Waals surface area contributed by atoms with E-state index in [1.165, 1.54) is 6.07 Å². The fourth-order valence-corrected chi connectivity index (χ4v) is 1.02. The standard InChI is InChI=1S/C8HF4O/c9-3-1-4(10)7(12)8-6(3)5(11)2-13-8/h2H. The Balaban J connectivity index is 2.99. The molecule has 67 valence electrons. The van der Waals surface area contributed by atoms with Crippen molar-refractivity contribution >= 4 is 11.0 Å². The van der Waals surface area contributed by atoms with Gasteiger partial charge in [0.2, 0.25) is 5.82 Å². The maximum atomic E-state index is 12.8. The van der Waals surface area contributed by atoms with Crippen LogP contribution in [0.4, 0.5) is 17.6 Å². The van der Waals surface area contributed by atoms with E-state index < -0.39 is 34.2 Å². The van der Waals surface area contributed by atoms with Crippen LogP contribution in [-0.2, 0) is 0 Å². The van der Waals surface area contributed by atoms with Crippen LogP contribution < -0.4 is 0 Å². The summed E-state index contributed by atoms with van der Waals surface area (Å²) in [5.41, 5.74) is -0.772. The fourth-order valence-electron chi connectivity index (χ4n) is 1.02. The minimum absolute atomic E-state index is 0.504. The number of hydrogen-bond acceptors (Lipinski definition) is 1. The molecule has 0 amide bonds. The molecule has 1 aromatic heterocycles. The van der Waals surface area contributed by atoms with Crippen LogP contribution >= 0.6 is 0 Å². The van der Waals surface area contributed by atoms with Gasteiger partial charge >= 0.3 is 0 Å². The lowest BCUT2D eigenvalue weighted by Crippen LogP contribution is -1.89. The number of halogens is 4. The number of furan rings is 1. The Labute approximate surface area is 69.6 Å². The first-order chi connectivity index (χ1) is 6.11. The van der Waals surface area contributed by atoms with Crippen molar-refractivity contribution in [3.05, 3.63) is 35.6 Å².